The molecule has 1 aromatic rings. The fraction of sp³-hybridized carbons (Fsp3) is 0.700. The maximum Gasteiger partial charge on any atom is 0.267 e. The van der Waals surface area contributed by atoms with Gasteiger partial charge in [-0.25, -0.2) is 8.78 Å². The van der Waals surface area contributed by atoms with Crippen LogP contribution in [0.4, 0.5) is 8.78 Å². The standard InChI is InChI=1S/C20H31F2NO/c1-14(2)8-10-23-11-9-18(20(21,22)13-23)16-6-7-17(15(3)4)19(12-16)24-5/h6-7,12,14-15,18H,8-11,13H2,1-5H3/t18-/m0/s1. The first kappa shape index (κ1) is 19.2. The average Bonchev–Trinajstić information content (AvgIpc) is 2.51. The molecule has 0 unspecified atom stereocenters. The first-order chi connectivity index (χ1) is 11.2. The molecule has 1 heterocycles. The summed E-state index contributed by atoms with van der Waals surface area (Å²) >= 11 is 0. The number of piperidine rings is 1. The third kappa shape index (κ3) is 4.47. The van der Waals surface area contributed by atoms with Crippen molar-refractivity contribution in [2.75, 3.05) is 26.7 Å². The van der Waals surface area contributed by atoms with Crippen LogP contribution in [0.2, 0.25) is 0 Å². The van der Waals surface area contributed by atoms with Crippen molar-refractivity contribution in [1.82, 2.24) is 4.90 Å². The number of halogens is 2. The van der Waals surface area contributed by atoms with Gasteiger partial charge in [-0.05, 0) is 55.0 Å². The molecule has 0 amide bonds. The molecule has 2 nitrogen and oxygen atoms in total. The van der Waals surface area contributed by atoms with Crippen LogP contribution in [0.15, 0.2) is 18.2 Å². The minimum Gasteiger partial charge on any atom is -0.496 e. The molecule has 4 heteroatoms. The van der Waals surface area contributed by atoms with Crippen molar-refractivity contribution in [3.8, 4) is 5.75 Å². The predicted molar refractivity (Wildman–Crippen MR) is 95.3 cm³/mol. The van der Waals surface area contributed by atoms with Gasteiger partial charge in [-0.15, -0.1) is 0 Å². The van der Waals surface area contributed by atoms with E-state index in [-0.39, 0.29) is 6.54 Å². The van der Waals surface area contributed by atoms with E-state index in [0.29, 0.717) is 23.8 Å². The van der Waals surface area contributed by atoms with Crippen LogP contribution >= 0.6 is 0 Å². The summed E-state index contributed by atoms with van der Waals surface area (Å²) in [4.78, 5) is 1.91. The lowest BCUT2D eigenvalue weighted by Gasteiger charge is -2.39. The summed E-state index contributed by atoms with van der Waals surface area (Å²) in [6.45, 7) is 9.79. The molecule has 136 valence electrons. The summed E-state index contributed by atoms with van der Waals surface area (Å²) in [6, 6.07) is 5.62. The summed E-state index contributed by atoms with van der Waals surface area (Å²) in [5, 5.41) is 0. The summed E-state index contributed by atoms with van der Waals surface area (Å²) in [5.41, 5.74) is 1.77. The van der Waals surface area contributed by atoms with Crippen LogP contribution in [0.5, 0.6) is 5.75 Å². The molecule has 0 radical (unpaired) electrons. The van der Waals surface area contributed by atoms with Crippen molar-refractivity contribution in [1.29, 1.82) is 0 Å². The fourth-order valence-corrected chi connectivity index (χ4v) is 3.47. The first-order valence-electron chi connectivity index (χ1n) is 9.02. The number of hydrogen-bond acceptors (Lipinski definition) is 2. The van der Waals surface area contributed by atoms with Gasteiger partial charge in [0.25, 0.3) is 5.92 Å². The Morgan fingerprint density at radius 1 is 1.25 bits per heavy atom. The first-order valence-corrected chi connectivity index (χ1v) is 9.02. The van der Waals surface area contributed by atoms with Gasteiger partial charge in [0.2, 0.25) is 0 Å². The van der Waals surface area contributed by atoms with Gasteiger partial charge in [-0.1, -0.05) is 39.8 Å². The van der Waals surface area contributed by atoms with Crippen LogP contribution in [0.3, 0.4) is 0 Å². The fourth-order valence-electron chi connectivity index (χ4n) is 3.47. The zero-order valence-corrected chi connectivity index (χ0v) is 15.6. The minimum absolute atomic E-state index is 0.140. The van der Waals surface area contributed by atoms with Crippen molar-refractivity contribution in [2.45, 2.75) is 58.3 Å². The zero-order valence-electron chi connectivity index (χ0n) is 15.6. The molecule has 0 aromatic heterocycles. The second kappa shape index (κ2) is 7.81. The van der Waals surface area contributed by atoms with Crippen molar-refractivity contribution in [3.05, 3.63) is 29.3 Å². The number of alkyl halides is 2. The van der Waals surface area contributed by atoms with Crippen LogP contribution in [0.1, 0.15) is 63.5 Å². The molecule has 24 heavy (non-hydrogen) atoms. The van der Waals surface area contributed by atoms with E-state index in [2.05, 4.69) is 27.7 Å². The quantitative estimate of drug-likeness (QED) is 0.698. The van der Waals surface area contributed by atoms with Gasteiger partial charge < -0.3 is 4.74 Å². The number of hydrogen-bond donors (Lipinski definition) is 0. The summed E-state index contributed by atoms with van der Waals surface area (Å²) in [6.07, 6.45) is 1.47. The van der Waals surface area contributed by atoms with Crippen molar-refractivity contribution in [3.63, 3.8) is 0 Å². The number of likely N-dealkylation sites (tertiary alicyclic amines) is 1. The molecule has 1 aliphatic rings. The highest BCUT2D eigenvalue weighted by Crippen LogP contribution is 2.42. The predicted octanol–water partition coefficient (Wildman–Crippen LogP) is 5.29. The second-order valence-corrected chi connectivity index (χ2v) is 7.72. The molecule has 1 aliphatic heterocycles. The highest BCUT2D eigenvalue weighted by atomic mass is 19.3. The molecule has 0 bridgehead atoms. The molecule has 0 spiro atoms. The normalized spacial score (nSPS) is 21.5. The Balaban J connectivity index is 2.15. The van der Waals surface area contributed by atoms with E-state index in [9.17, 15) is 8.78 Å². The smallest absolute Gasteiger partial charge is 0.267 e. The van der Waals surface area contributed by atoms with Gasteiger partial charge in [0, 0.05) is 0 Å². The van der Waals surface area contributed by atoms with Crippen LogP contribution in [0.25, 0.3) is 0 Å². The van der Waals surface area contributed by atoms with E-state index in [1.165, 1.54) is 0 Å². The van der Waals surface area contributed by atoms with Crippen molar-refractivity contribution >= 4 is 0 Å². The molecule has 0 aliphatic carbocycles. The lowest BCUT2D eigenvalue weighted by atomic mass is 9.84. The monoisotopic (exact) mass is 339 g/mol. The molecule has 1 saturated heterocycles. The topological polar surface area (TPSA) is 12.5 Å². The van der Waals surface area contributed by atoms with Gasteiger partial charge in [-0.2, -0.15) is 0 Å². The van der Waals surface area contributed by atoms with E-state index >= 15 is 0 Å². The number of nitrogens with zero attached hydrogens (tertiary/aromatic N) is 1. The van der Waals surface area contributed by atoms with E-state index < -0.39 is 11.8 Å². The maximum atomic E-state index is 14.7. The van der Waals surface area contributed by atoms with Crippen LogP contribution in [-0.2, 0) is 0 Å². The largest absolute Gasteiger partial charge is 0.496 e. The average molecular weight is 339 g/mol. The Kier molecular flexibility index (Phi) is 6.24. The highest BCUT2D eigenvalue weighted by molar-refractivity contribution is 5.41. The molecule has 1 fully saturated rings. The van der Waals surface area contributed by atoms with Gasteiger partial charge >= 0.3 is 0 Å². The third-order valence-corrected chi connectivity index (χ3v) is 4.98. The molecular formula is C20H31F2NO. The van der Waals surface area contributed by atoms with Crippen LogP contribution in [0, 0.1) is 5.92 Å². The van der Waals surface area contributed by atoms with Gasteiger partial charge in [-0.3, -0.25) is 4.90 Å². The van der Waals surface area contributed by atoms with E-state index in [1.807, 2.05) is 23.1 Å². The summed E-state index contributed by atoms with van der Waals surface area (Å²) < 4.78 is 34.9. The zero-order chi connectivity index (χ0) is 17.9. The SMILES string of the molecule is COc1cc([C@@H]2CCN(CCC(C)C)CC2(F)F)ccc1C(C)C. The maximum absolute atomic E-state index is 14.7. The molecule has 1 aromatic carbocycles. The Hall–Kier alpha value is -1.16. The Morgan fingerprint density at radius 3 is 2.50 bits per heavy atom. The van der Waals surface area contributed by atoms with Gasteiger partial charge in [0.05, 0.1) is 19.6 Å². The summed E-state index contributed by atoms with van der Waals surface area (Å²) in [5.74, 6) is -1.83. The lowest BCUT2D eigenvalue weighted by Crippen LogP contribution is -2.47. The van der Waals surface area contributed by atoms with E-state index in [4.69, 9.17) is 4.74 Å². The Bertz CT molecular complexity index is 542. The number of benzene rings is 1. The summed E-state index contributed by atoms with van der Waals surface area (Å²) in [7, 11) is 1.61. The molecule has 0 saturated carbocycles. The molecule has 1 atom stereocenters. The lowest BCUT2D eigenvalue weighted by molar-refractivity contribution is -0.0833. The van der Waals surface area contributed by atoms with Crippen molar-refractivity contribution in [2.24, 2.45) is 5.92 Å². The third-order valence-electron chi connectivity index (χ3n) is 4.98. The van der Waals surface area contributed by atoms with Gasteiger partial charge in [0.1, 0.15) is 5.75 Å². The minimum atomic E-state index is -2.69. The van der Waals surface area contributed by atoms with Crippen molar-refractivity contribution < 1.29 is 13.5 Å². The molecule has 0 N–H and O–H groups in total. The number of methoxy groups -OCH3 is 1. The second-order valence-electron chi connectivity index (χ2n) is 7.72. The van der Waals surface area contributed by atoms with Gasteiger partial charge in [0.15, 0.2) is 0 Å². The van der Waals surface area contributed by atoms with E-state index in [0.717, 1.165) is 30.8 Å². The Labute approximate surface area is 145 Å². The number of ether oxygens (including phenoxy) is 1. The van der Waals surface area contributed by atoms with Crippen LogP contribution in [-0.4, -0.2) is 37.6 Å². The van der Waals surface area contributed by atoms with E-state index in [1.54, 1.807) is 7.11 Å². The molecule has 2 rings (SSSR count). The molecular weight excluding hydrogens is 308 g/mol. The highest BCUT2D eigenvalue weighted by Gasteiger charge is 2.45. The Morgan fingerprint density at radius 2 is 1.96 bits per heavy atom. The number of rotatable bonds is 6. The van der Waals surface area contributed by atoms with Crippen LogP contribution < -0.4 is 4.74 Å².